The van der Waals surface area contributed by atoms with E-state index in [1.165, 1.54) is 0 Å². The molecule has 9 atom stereocenters. The van der Waals surface area contributed by atoms with Crippen LogP contribution in [0.25, 0.3) is 0 Å². The minimum absolute atomic E-state index is 0.0120. The van der Waals surface area contributed by atoms with Crippen LogP contribution in [0.2, 0.25) is 0 Å². The number of hydrogen-bond acceptors (Lipinski definition) is 9. The van der Waals surface area contributed by atoms with E-state index in [4.69, 9.17) is 24.7 Å². The SMILES string of the molecule is CC12CCC(OCC(=O)NCCOCCOCCN)CC1CC[C@H]1C2CC(O)C2(C)C(C3=CC(=O)OC3)CCC12O. The van der Waals surface area contributed by atoms with Gasteiger partial charge >= 0.3 is 5.97 Å². The monoisotopic (exact) mass is 578 g/mol. The topological polar surface area (TPSA) is 150 Å². The molecule has 4 saturated carbocycles. The molecule has 0 aromatic carbocycles. The molecule has 4 fully saturated rings. The van der Waals surface area contributed by atoms with E-state index < -0.39 is 17.1 Å². The van der Waals surface area contributed by atoms with Crippen LogP contribution >= 0.6 is 0 Å². The fourth-order valence-electron chi connectivity index (χ4n) is 9.41. The first-order valence-corrected chi connectivity index (χ1v) is 15.6. The van der Waals surface area contributed by atoms with Gasteiger partial charge in [-0.1, -0.05) is 13.8 Å². The van der Waals surface area contributed by atoms with Gasteiger partial charge in [-0.05, 0) is 86.0 Å². The van der Waals surface area contributed by atoms with Crippen LogP contribution in [0, 0.1) is 34.5 Å². The highest BCUT2D eigenvalue weighted by Crippen LogP contribution is 2.70. The normalized spacial score (nSPS) is 41.7. The molecule has 5 N–H and O–H groups in total. The van der Waals surface area contributed by atoms with E-state index in [9.17, 15) is 19.8 Å². The standard InChI is InChI=1S/C31H50N2O8/c1-29-7-5-22(40-19-27(35)33-10-12-39-14-13-38-11-9-32)16-21(29)3-4-24-25(29)17-26(34)30(2)23(6-8-31(24,30)37)20-15-28(36)41-18-20/h15,21-26,34,37H,3-14,16-19,32H2,1-2H3,(H,33,35)/t21?,22?,23?,24-,25?,26?,29?,30?,31?/m0/s1. The first-order valence-electron chi connectivity index (χ1n) is 15.6. The Balaban J connectivity index is 1.13. The van der Waals surface area contributed by atoms with Gasteiger partial charge in [0.15, 0.2) is 0 Å². The summed E-state index contributed by atoms with van der Waals surface area (Å²) in [5.74, 6) is 0.286. The molecule has 232 valence electrons. The molecular weight excluding hydrogens is 528 g/mol. The number of esters is 1. The molecule has 10 heteroatoms. The summed E-state index contributed by atoms with van der Waals surface area (Å²) >= 11 is 0. The molecule has 5 rings (SSSR count). The van der Waals surface area contributed by atoms with Crippen LogP contribution < -0.4 is 11.1 Å². The number of cyclic esters (lactones) is 1. The molecule has 41 heavy (non-hydrogen) atoms. The number of carbonyl (C=O) groups is 2. The summed E-state index contributed by atoms with van der Waals surface area (Å²) in [6.07, 6.45) is 7.73. The molecule has 0 saturated heterocycles. The van der Waals surface area contributed by atoms with Gasteiger partial charge in [0.25, 0.3) is 0 Å². The predicted molar refractivity (Wildman–Crippen MR) is 151 cm³/mol. The minimum Gasteiger partial charge on any atom is -0.458 e. The van der Waals surface area contributed by atoms with Crippen molar-refractivity contribution in [3.63, 3.8) is 0 Å². The number of ether oxygens (including phenoxy) is 4. The zero-order valence-electron chi connectivity index (χ0n) is 24.8. The lowest BCUT2D eigenvalue weighted by atomic mass is 9.42. The molecule has 1 amide bonds. The van der Waals surface area contributed by atoms with Crippen molar-refractivity contribution in [3.05, 3.63) is 11.6 Å². The Morgan fingerprint density at radius 3 is 2.59 bits per heavy atom. The molecule has 1 heterocycles. The van der Waals surface area contributed by atoms with Gasteiger partial charge in [0.05, 0.1) is 44.2 Å². The van der Waals surface area contributed by atoms with Gasteiger partial charge in [0.2, 0.25) is 5.91 Å². The minimum atomic E-state index is -0.965. The van der Waals surface area contributed by atoms with Gasteiger partial charge < -0.3 is 40.2 Å². The third-order valence-corrected chi connectivity index (χ3v) is 11.7. The summed E-state index contributed by atoms with van der Waals surface area (Å²) in [5, 5.41) is 26.9. The lowest BCUT2D eigenvalue weighted by molar-refractivity contribution is -0.245. The molecule has 10 nitrogen and oxygen atoms in total. The van der Waals surface area contributed by atoms with Crippen molar-refractivity contribution in [2.45, 2.75) is 83.0 Å². The molecule has 8 unspecified atom stereocenters. The van der Waals surface area contributed by atoms with E-state index in [0.717, 1.165) is 44.1 Å². The first-order chi connectivity index (χ1) is 19.6. The smallest absolute Gasteiger partial charge is 0.331 e. The third-order valence-electron chi connectivity index (χ3n) is 11.7. The van der Waals surface area contributed by atoms with Crippen LogP contribution in [-0.4, -0.2) is 92.6 Å². The van der Waals surface area contributed by atoms with E-state index in [0.29, 0.717) is 58.3 Å². The third kappa shape index (κ3) is 5.72. The zero-order valence-corrected chi connectivity index (χ0v) is 24.8. The molecule has 5 aliphatic rings. The molecule has 0 aromatic heterocycles. The number of fused-ring (bicyclic) bond motifs is 5. The highest BCUT2D eigenvalue weighted by atomic mass is 16.5. The van der Waals surface area contributed by atoms with Crippen LogP contribution in [0.15, 0.2) is 11.6 Å². The predicted octanol–water partition coefficient (Wildman–Crippen LogP) is 1.71. The quantitative estimate of drug-likeness (QED) is 0.201. The molecular formula is C31H50N2O8. The largest absolute Gasteiger partial charge is 0.458 e. The maximum atomic E-state index is 12.4. The maximum Gasteiger partial charge on any atom is 0.331 e. The number of aliphatic hydroxyl groups excluding tert-OH is 1. The number of nitrogens with two attached hydrogens (primary N) is 1. The average Bonchev–Trinajstić information content (AvgIpc) is 3.50. The summed E-state index contributed by atoms with van der Waals surface area (Å²) in [4.78, 5) is 24.1. The van der Waals surface area contributed by atoms with Gasteiger partial charge in [-0.3, -0.25) is 4.79 Å². The summed E-state index contributed by atoms with van der Waals surface area (Å²) in [7, 11) is 0. The number of amides is 1. The Bertz CT molecular complexity index is 991. The second kappa shape index (κ2) is 12.6. The lowest BCUT2D eigenvalue weighted by Crippen LogP contribution is -2.67. The van der Waals surface area contributed by atoms with E-state index in [1.54, 1.807) is 6.08 Å². The Morgan fingerprint density at radius 1 is 1.07 bits per heavy atom. The lowest BCUT2D eigenvalue weighted by Gasteiger charge is -2.65. The molecule has 0 spiro atoms. The van der Waals surface area contributed by atoms with Crippen molar-refractivity contribution in [1.82, 2.24) is 5.32 Å². The van der Waals surface area contributed by atoms with Crippen LogP contribution in [-0.2, 0) is 28.5 Å². The van der Waals surface area contributed by atoms with Crippen LogP contribution in [0.3, 0.4) is 0 Å². The molecule has 1 aliphatic heterocycles. The number of hydrogen-bond donors (Lipinski definition) is 4. The van der Waals surface area contributed by atoms with Crippen molar-refractivity contribution >= 4 is 11.9 Å². The summed E-state index contributed by atoms with van der Waals surface area (Å²) in [5.41, 5.74) is 4.66. The van der Waals surface area contributed by atoms with Crippen molar-refractivity contribution in [1.29, 1.82) is 0 Å². The Labute approximate surface area is 243 Å². The van der Waals surface area contributed by atoms with E-state index in [-0.39, 0.29) is 54.4 Å². The molecule has 4 aliphatic carbocycles. The summed E-state index contributed by atoms with van der Waals surface area (Å²) in [6.45, 7) is 7.54. The van der Waals surface area contributed by atoms with Gasteiger partial charge in [-0.15, -0.1) is 0 Å². The second-order valence-electron chi connectivity index (χ2n) is 13.4. The fourth-order valence-corrected chi connectivity index (χ4v) is 9.41. The van der Waals surface area contributed by atoms with Crippen molar-refractivity contribution in [2.24, 2.45) is 40.2 Å². The first kappa shape index (κ1) is 30.9. The van der Waals surface area contributed by atoms with Crippen molar-refractivity contribution < 1.29 is 38.7 Å². The average molecular weight is 579 g/mol. The van der Waals surface area contributed by atoms with Crippen molar-refractivity contribution in [2.75, 3.05) is 52.7 Å². The van der Waals surface area contributed by atoms with Gasteiger partial charge in [-0.2, -0.15) is 0 Å². The molecule has 0 bridgehead atoms. The highest BCUT2D eigenvalue weighted by Gasteiger charge is 2.70. The van der Waals surface area contributed by atoms with E-state index >= 15 is 0 Å². The summed E-state index contributed by atoms with van der Waals surface area (Å²) < 4.78 is 22.0. The molecule has 0 aromatic rings. The maximum absolute atomic E-state index is 12.4. The van der Waals surface area contributed by atoms with Gasteiger partial charge in [0, 0.05) is 24.6 Å². The number of rotatable bonds is 12. The van der Waals surface area contributed by atoms with Crippen LogP contribution in [0.1, 0.15) is 65.2 Å². The second-order valence-corrected chi connectivity index (χ2v) is 13.4. The number of nitrogens with one attached hydrogen (secondary N) is 1. The number of aliphatic hydroxyl groups is 2. The Hall–Kier alpha value is -1.56. The van der Waals surface area contributed by atoms with E-state index in [1.807, 2.05) is 6.92 Å². The highest BCUT2D eigenvalue weighted by molar-refractivity contribution is 5.85. The number of carbonyl (C=O) groups excluding carboxylic acids is 2. The Kier molecular flexibility index (Phi) is 9.48. The van der Waals surface area contributed by atoms with E-state index in [2.05, 4.69) is 12.2 Å². The van der Waals surface area contributed by atoms with Gasteiger partial charge in [0.1, 0.15) is 13.2 Å². The van der Waals surface area contributed by atoms with Crippen LogP contribution in [0.4, 0.5) is 0 Å². The molecule has 0 radical (unpaired) electrons. The van der Waals surface area contributed by atoms with Crippen molar-refractivity contribution in [3.8, 4) is 0 Å². The fraction of sp³-hybridized carbons (Fsp3) is 0.871. The summed E-state index contributed by atoms with van der Waals surface area (Å²) in [6, 6.07) is 0. The van der Waals surface area contributed by atoms with Gasteiger partial charge in [-0.25, -0.2) is 4.79 Å². The Morgan fingerprint density at radius 2 is 1.85 bits per heavy atom. The van der Waals surface area contributed by atoms with Crippen LogP contribution in [0.5, 0.6) is 0 Å². The zero-order chi connectivity index (χ0) is 29.3.